The number of aryl methyl sites for hydroxylation is 1. The molecule has 0 unspecified atom stereocenters. The van der Waals surface area contributed by atoms with Gasteiger partial charge in [-0.05, 0) is 42.2 Å². The molecule has 0 bridgehead atoms. The van der Waals surface area contributed by atoms with Crippen LogP contribution in [0.1, 0.15) is 24.0 Å². The molecule has 0 aliphatic rings. The predicted octanol–water partition coefficient (Wildman–Crippen LogP) is 4.89. The number of hydrogen-bond donors (Lipinski definition) is 1. The number of esters is 1. The van der Waals surface area contributed by atoms with Crippen molar-refractivity contribution in [2.24, 2.45) is 0 Å². The van der Waals surface area contributed by atoms with Crippen molar-refractivity contribution in [3.05, 3.63) is 70.9 Å². The molecule has 3 nitrogen and oxygen atoms in total. The molecule has 4 heteroatoms. The van der Waals surface area contributed by atoms with Crippen molar-refractivity contribution in [3.8, 4) is 0 Å². The number of aromatic nitrogens is 1. The van der Waals surface area contributed by atoms with E-state index in [9.17, 15) is 4.79 Å². The van der Waals surface area contributed by atoms with Crippen LogP contribution in [-0.2, 0) is 22.6 Å². The molecule has 0 saturated carbocycles. The molecule has 0 aliphatic heterocycles. The van der Waals surface area contributed by atoms with Crippen molar-refractivity contribution >= 4 is 28.5 Å². The van der Waals surface area contributed by atoms with Gasteiger partial charge in [0.15, 0.2) is 0 Å². The van der Waals surface area contributed by atoms with Crippen LogP contribution in [0.3, 0.4) is 0 Å². The number of benzene rings is 2. The molecule has 3 aromatic rings. The summed E-state index contributed by atoms with van der Waals surface area (Å²) >= 11 is 6.04. The zero-order chi connectivity index (χ0) is 16.1. The number of aromatic amines is 1. The molecule has 0 atom stereocenters. The average molecular weight is 328 g/mol. The summed E-state index contributed by atoms with van der Waals surface area (Å²) in [5.41, 5.74) is 3.25. The van der Waals surface area contributed by atoms with Gasteiger partial charge in [-0.2, -0.15) is 0 Å². The molecular weight excluding hydrogens is 310 g/mol. The molecule has 118 valence electrons. The molecule has 1 aromatic heterocycles. The molecular formula is C19H18ClNO2. The maximum Gasteiger partial charge on any atom is 0.306 e. The molecule has 0 aliphatic carbocycles. The fourth-order valence-electron chi connectivity index (χ4n) is 2.59. The SMILES string of the molecule is O=C(CCCc1c[nH]c2ccc(Cl)cc12)OCc1ccccc1. The zero-order valence-corrected chi connectivity index (χ0v) is 13.5. The average Bonchev–Trinajstić information content (AvgIpc) is 2.96. The van der Waals surface area contributed by atoms with E-state index in [-0.39, 0.29) is 5.97 Å². The Morgan fingerprint density at radius 3 is 2.78 bits per heavy atom. The fourth-order valence-corrected chi connectivity index (χ4v) is 2.76. The second kappa shape index (κ2) is 7.34. The summed E-state index contributed by atoms with van der Waals surface area (Å²) < 4.78 is 5.29. The first-order chi connectivity index (χ1) is 11.2. The van der Waals surface area contributed by atoms with Crippen LogP contribution in [0, 0.1) is 0 Å². The van der Waals surface area contributed by atoms with Crippen LogP contribution in [0.25, 0.3) is 10.9 Å². The first-order valence-corrected chi connectivity index (χ1v) is 8.05. The number of carbonyl (C=O) groups is 1. The molecule has 0 saturated heterocycles. The number of H-pyrrole nitrogens is 1. The van der Waals surface area contributed by atoms with Crippen molar-refractivity contribution in [1.82, 2.24) is 4.98 Å². The largest absolute Gasteiger partial charge is 0.461 e. The minimum atomic E-state index is -0.160. The summed E-state index contributed by atoms with van der Waals surface area (Å²) in [6.07, 6.45) is 3.98. The highest BCUT2D eigenvalue weighted by atomic mass is 35.5. The van der Waals surface area contributed by atoms with E-state index in [2.05, 4.69) is 4.98 Å². The van der Waals surface area contributed by atoms with E-state index in [0.29, 0.717) is 13.0 Å². The van der Waals surface area contributed by atoms with Crippen molar-refractivity contribution in [2.75, 3.05) is 0 Å². The quantitative estimate of drug-likeness (QED) is 0.655. The highest BCUT2D eigenvalue weighted by Gasteiger charge is 2.07. The van der Waals surface area contributed by atoms with Gasteiger partial charge in [0.25, 0.3) is 0 Å². The van der Waals surface area contributed by atoms with Gasteiger partial charge in [-0.3, -0.25) is 4.79 Å². The van der Waals surface area contributed by atoms with Crippen molar-refractivity contribution in [2.45, 2.75) is 25.9 Å². The molecule has 0 amide bonds. The maximum atomic E-state index is 11.8. The molecule has 0 radical (unpaired) electrons. The molecule has 2 aromatic carbocycles. The van der Waals surface area contributed by atoms with Gasteiger partial charge in [-0.1, -0.05) is 41.9 Å². The molecule has 1 N–H and O–H groups in total. The van der Waals surface area contributed by atoms with Crippen LogP contribution in [0.5, 0.6) is 0 Å². The smallest absolute Gasteiger partial charge is 0.306 e. The topological polar surface area (TPSA) is 42.1 Å². The molecule has 0 spiro atoms. The summed E-state index contributed by atoms with van der Waals surface area (Å²) in [4.78, 5) is 15.0. The van der Waals surface area contributed by atoms with Gasteiger partial charge in [0.1, 0.15) is 6.61 Å². The Kier molecular flexibility index (Phi) is 4.99. The van der Waals surface area contributed by atoms with Crippen LogP contribution < -0.4 is 0 Å². The number of hydrogen-bond acceptors (Lipinski definition) is 2. The number of halogens is 1. The fraction of sp³-hybridized carbons (Fsp3) is 0.211. The standard InChI is InChI=1S/C19H18ClNO2/c20-16-9-10-18-17(11-16)15(12-21-18)7-4-8-19(22)23-13-14-5-2-1-3-6-14/h1-3,5-6,9-12,21H,4,7-8,13H2. The third kappa shape index (κ3) is 4.14. The second-order valence-corrected chi connectivity index (χ2v) is 5.94. The van der Waals surface area contributed by atoms with Crippen molar-refractivity contribution in [1.29, 1.82) is 0 Å². The van der Waals surface area contributed by atoms with E-state index >= 15 is 0 Å². The summed E-state index contributed by atoms with van der Waals surface area (Å²) in [6, 6.07) is 15.5. The lowest BCUT2D eigenvalue weighted by Gasteiger charge is -2.05. The summed E-state index contributed by atoms with van der Waals surface area (Å²) in [6.45, 7) is 0.336. The van der Waals surface area contributed by atoms with Gasteiger partial charge in [0.2, 0.25) is 0 Å². The van der Waals surface area contributed by atoms with E-state index in [0.717, 1.165) is 34.3 Å². The summed E-state index contributed by atoms with van der Waals surface area (Å²) in [5.74, 6) is -0.160. The number of ether oxygens (including phenoxy) is 1. The Hall–Kier alpha value is -2.26. The lowest BCUT2D eigenvalue weighted by Crippen LogP contribution is -2.04. The van der Waals surface area contributed by atoms with E-state index in [1.54, 1.807) is 0 Å². The van der Waals surface area contributed by atoms with E-state index < -0.39 is 0 Å². The van der Waals surface area contributed by atoms with E-state index in [1.165, 1.54) is 5.56 Å². The first kappa shape index (κ1) is 15.6. The van der Waals surface area contributed by atoms with E-state index in [4.69, 9.17) is 16.3 Å². The minimum Gasteiger partial charge on any atom is -0.461 e. The Morgan fingerprint density at radius 2 is 1.96 bits per heavy atom. The van der Waals surface area contributed by atoms with Gasteiger partial charge < -0.3 is 9.72 Å². The number of carbonyl (C=O) groups excluding carboxylic acids is 1. The Balaban J connectivity index is 1.48. The Morgan fingerprint density at radius 1 is 1.13 bits per heavy atom. The Bertz CT molecular complexity index is 795. The monoisotopic (exact) mass is 327 g/mol. The lowest BCUT2D eigenvalue weighted by atomic mass is 10.1. The second-order valence-electron chi connectivity index (χ2n) is 5.50. The van der Waals surface area contributed by atoms with Crippen LogP contribution in [-0.4, -0.2) is 11.0 Å². The van der Waals surface area contributed by atoms with Gasteiger partial charge in [-0.25, -0.2) is 0 Å². The van der Waals surface area contributed by atoms with Crippen molar-refractivity contribution < 1.29 is 9.53 Å². The summed E-state index contributed by atoms with van der Waals surface area (Å²) in [5, 5.41) is 1.84. The van der Waals surface area contributed by atoms with Gasteiger partial charge in [0, 0.05) is 28.5 Å². The van der Waals surface area contributed by atoms with Gasteiger partial charge >= 0.3 is 5.97 Å². The number of rotatable bonds is 6. The number of nitrogens with one attached hydrogen (secondary N) is 1. The van der Waals surface area contributed by atoms with Gasteiger partial charge in [-0.15, -0.1) is 0 Å². The third-order valence-electron chi connectivity index (χ3n) is 3.80. The molecule has 1 heterocycles. The highest BCUT2D eigenvalue weighted by molar-refractivity contribution is 6.31. The highest BCUT2D eigenvalue weighted by Crippen LogP contribution is 2.23. The summed E-state index contributed by atoms with van der Waals surface area (Å²) in [7, 11) is 0. The van der Waals surface area contributed by atoms with Gasteiger partial charge in [0.05, 0.1) is 0 Å². The predicted molar refractivity (Wildman–Crippen MR) is 92.5 cm³/mol. The molecule has 23 heavy (non-hydrogen) atoms. The van der Waals surface area contributed by atoms with Crippen LogP contribution >= 0.6 is 11.6 Å². The molecule has 3 rings (SSSR count). The van der Waals surface area contributed by atoms with Crippen LogP contribution in [0.4, 0.5) is 0 Å². The number of fused-ring (bicyclic) bond motifs is 1. The van der Waals surface area contributed by atoms with Crippen LogP contribution in [0.2, 0.25) is 5.02 Å². The first-order valence-electron chi connectivity index (χ1n) is 7.67. The third-order valence-corrected chi connectivity index (χ3v) is 4.03. The zero-order valence-electron chi connectivity index (χ0n) is 12.7. The minimum absolute atomic E-state index is 0.160. The maximum absolute atomic E-state index is 11.8. The van der Waals surface area contributed by atoms with Crippen molar-refractivity contribution in [3.63, 3.8) is 0 Å². The normalized spacial score (nSPS) is 10.8. The Labute approximate surface area is 140 Å². The van der Waals surface area contributed by atoms with Crippen LogP contribution in [0.15, 0.2) is 54.7 Å². The van der Waals surface area contributed by atoms with E-state index in [1.807, 2.05) is 54.7 Å². The lowest BCUT2D eigenvalue weighted by molar-refractivity contribution is -0.145. The molecule has 0 fully saturated rings.